The molecule has 0 saturated carbocycles. The van der Waals surface area contributed by atoms with Gasteiger partial charge in [-0.3, -0.25) is 9.78 Å². The molecular weight excluding hydrogens is 316 g/mol. The molecule has 0 spiro atoms. The monoisotopic (exact) mass is 340 g/mol. The Bertz CT molecular complexity index is 751. The van der Waals surface area contributed by atoms with Gasteiger partial charge in [0.15, 0.2) is 0 Å². The number of carbonyl (C=O) groups excluding carboxylic acids is 1. The largest absolute Gasteiger partial charge is 0.378 e. The zero-order valence-corrected chi connectivity index (χ0v) is 14.6. The average Bonchev–Trinajstić information content (AvgIpc) is 3.16. The van der Waals surface area contributed by atoms with Gasteiger partial charge in [-0.15, -0.1) is 0 Å². The summed E-state index contributed by atoms with van der Waals surface area (Å²) in [6, 6.07) is 8.19. The number of nitrogens with zero attached hydrogens (tertiary/aromatic N) is 4. The standard InChI is InChI=1S/C19H24N4O2/c1-2-17-18-4-3-7-22(18)8-9-23(17)19(24)16-14-15(5-6-20-16)21-10-12-25-13-11-21/h3-7,14,17H,2,8-13H2,1H3/t17-/m1/s1. The third kappa shape index (κ3) is 3.02. The third-order valence-corrected chi connectivity index (χ3v) is 5.15. The fraction of sp³-hybridized carbons (Fsp3) is 0.474. The van der Waals surface area contributed by atoms with E-state index in [1.165, 1.54) is 5.69 Å². The number of amides is 1. The maximum absolute atomic E-state index is 13.1. The quantitative estimate of drug-likeness (QED) is 0.860. The minimum absolute atomic E-state index is 0.0226. The molecule has 0 aliphatic carbocycles. The molecular formula is C19H24N4O2. The lowest BCUT2D eigenvalue weighted by atomic mass is 10.1. The average molecular weight is 340 g/mol. The van der Waals surface area contributed by atoms with Crippen LogP contribution in [0.3, 0.4) is 0 Å². The fourth-order valence-corrected chi connectivity index (χ4v) is 3.84. The van der Waals surface area contributed by atoms with Crippen molar-refractivity contribution in [3.05, 3.63) is 48.0 Å². The summed E-state index contributed by atoms with van der Waals surface area (Å²) in [7, 11) is 0. The summed E-state index contributed by atoms with van der Waals surface area (Å²) in [6.07, 6.45) is 4.74. The van der Waals surface area contributed by atoms with Crippen molar-refractivity contribution in [2.24, 2.45) is 0 Å². The van der Waals surface area contributed by atoms with E-state index >= 15 is 0 Å². The molecule has 1 atom stereocenters. The molecule has 0 aromatic carbocycles. The van der Waals surface area contributed by atoms with Crippen molar-refractivity contribution in [3.8, 4) is 0 Å². The van der Waals surface area contributed by atoms with Crippen molar-refractivity contribution in [1.29, 1.82) is 0 Å². The molecule has 6 nitrogen and oxygen atoms in total. The lowest BCUT2D eigenvalue weighted by Gasteiger charge is -2.36. The number of ether oxygens (including phenoxy) is 1. The van der Waals surface area contributed by atoms with Crippen molar-refractivity contribution in [1.82, 2.24) is 14.5 Å². The second kappa shape index (κ2) is 6.88. The van der Waals surface area contributed by atoms with Gasteiger partial charge in [0.2, 0.25) is 0 Å². The Labute approximate surface area is 148 Å². The van der Waals surface area contributed by atoms with Crippen LogP contribution in [-0.4, -0.2) is 53.2 Å². The van der Waals surface area contributed by atoms with Crippen LogP contribution in [0.25, 0.3) is 0 Å². The number of fused-ring (bicyclic) bond motifs is 1. The minimum atomic E-state index is 0.0226. The van der Waals surface area contributed by atoms with Crippen LogP contribution in [0.5, 0.6) is 0 Å². The predicted molar refractivity (Wildman–Crippen MR) is 95.8 cm³/mol. The van der Waals surface area contributed by atoms with Crippen LogP contribution in [0.15, 0.2) is 36.7 Å². The van der Waals surface area contributed by atoms with E-state index in [0.29, 0.717) is 5.69 Å². The highest BCUT2D eigenvalue weighted by Crippen LogP contribution is 2.30. The lowest BCUT2D eigenvalue weighted by Crippen LogP contribution is -2.42. The van der Waals surface area contributed by atoms with Gasteiger partial charge >= 0.3 is 0 Å². The Hall–Kier alpha value is -2.34. The summed E-state index contributed by atoms with van der Waals surface area (Å²) >= 11 is 0. The first-order valence-electron chi connectivity index (χ1n) is 9.02. The number of hydrogen-bond donors (Lipinski definition) is 0. The van der Waals surface area contributed by atoms with Gasteiger partial charge in [0.25, 0.3) is 5.91 Å². The number of hydrogen-bond acceptors (Lipinski definition) is 4. The van der Waals surface area contributed by atoms with Gasteiger partial charge in [-0.2, -0.15) is 0 Å². The smallest absolute Gasteiger partial charge is 0.273 e. The van der Waals surface area contributed by atoms with Crippen molar-refractivity contribution in [2.45, 2.75) is 25.9 Å². The predicted octanol–water partition coefficient (Wildman–Crippen LogP) is 2.33. The van der Waals surface area contributed by atoms with E-state index in [4.69, 9.17) is 4.74 Å². The summed E-state index contributed by atoms with van der Waals surface area (Å²) in [6.45, 7) is 6.86. The molecule has 2 aliphatic heterocycles. The maximum Gasteiger partial charge on any atom is 0.273 e. The number of rotatable bonds is 3. The van der Waals surface area contributed by atoms with E-state index in [0.717, 1.165) is 51.5 Å². The molecule has 25 heavy (non-hydrogen) atoms. The molecule has 2 aromatic rings. The minimum Gasteiger partial charge on any atom is -0.378 e. The van der Waals surface area contributed by atoms with Gasteiger partial charge in [-0.1, -0.05) is 6.92 Å². The van der Waals surface area contributed by atoms with Gasteiger partial charge in [0.05, 0.1) is 19.3 Å². The number of aromatic nitrogens is 2. The van der Waals surface area contributed by atoms with Crippen LogP contribution in [0.1, 0.15) is 35.6 Å². The first-order chi connectivity index (χ1) is 12.3. The van der Waals surface area contributed by atoms with Crippen molar-refractivity contribution in [2.75, 3.05) is 37.7 Å². The van der Waals surface area contributed by atoms with Crippen molar-refractivity contribution < 1.29 is 9.53 Å². The van der Waals surface area contributed by atoms with Crippen LogP contribution in [0, 0.1) is 0 Å². The molecule has 4 rings (SSSR count). The molecule has 4 heterocycles. The van der Waals surface area contributed by atoms with Gasteiger partial charge < -0.3 is 19.1 Å². The van der Waals surface area contributed by atoms with Gasteiger partial charge in [0.1, 0.15) is 5.69 Å². The van der Waals surface area contributed by atoms with Crippen LogP contribution >= 0.6 is 0 Å². The number of pyridine rings is 1. The number of anilines is 1. The van der Waals surface area contributed by atoms with E-state index in [1.54, 1.807) is 6.20 Å². The summed E-state index contributed by atoms with van der Waals surface area (Å²) in [5.74, 6) is 0.0226. The molecule has 0 radical (unpaired) electrons. The third-order valence-electron chi connectivity index (χ3n) is 5.15. The van der Waals surface area contributed by atoms with Crippen LogP contribution in [-0.2, 0) is 11.3 Å². The van der Waals surface area contributed by atoms with Gasteiger partial charge in [0, 0.05) is 50.0 Å². The van der Waals surface area contributed by atoms with E-state index in [9.17, 15) is 4.79 Å². The molecule has 132 valence electrons. The first-order valence-corrected chi connectivity index (χ1v) is 9.02. The lowest BCUT2D eigenvalue weighted by molar-refractivity contribution is 0.0612. The first kappa shape index (κ1) is 16.1. The van der Waals surface area contributed by atoms with Crippen LogP contribution < -0.4 is 4.90 Å². The van der Waals surface area contributed by atoms with Crippen LogP contribution in [0.4, 0.5) is 5.69 Å². The van der Waals surface area contributed by atoms with Gasteiger partial charge in [-0.25, -0.2) is 0 Å². The van der Waals surface area contributed by atoms with E-state index in [1.807, 2.05) is 17.0 Å². The van der Waals surface area contributed by atoms with Crippen molar-refractivity contribution >= 4 is 11.6 Å². The maximum atomic E-state index is 13.1. The molecule has 2 aromatic heterocycles. The summed E-state index contributed by atoms with van der Waals surface area (Å²) in [5, 5.41) is 0. The molecule has 0 bridgehead atoms. The molecule has 0 N–H and O–H groups in total. The zero-order valence-electron chi connectivity index (χ0n) is 14.6. The molecule has 1 saturated heterocycles. The summed E-state index contributed by atoms with van der Waals surface area (Å²) < 4.78 is 7.66. The van der Waals surface area contributed by atoms with E-state index < -0.39 is 0 Å². The van der Waals surface area contributed by atoms with E-state index in [2.05, 4.69) is 39.7 Å². The summed E-state index contributed by atoms with van der Waals surface area (Å²) in [5.41, 5.74) is 2.80. The Morgan fingerprint density at radius 2 is 2.08 bits per heavy atom. The fourth-order valence-electron chi connectivity index (χ4n) is 3.84. The Kier molecular flexibility index (Phi) is 4.44. The highest BCUT2D eigenvalue weighted by atomic mass is 16.5. The Balaban J connectivity index is 1.58. The number of morpholine rings is 1. The summed E-state index contributed by atoms with van der Waals surface area (Å²) in [4.78, 5) is 21.7. The second-order valence-electron chi connectivity index (χ2n) is 6.55. The molecule has 1 amide bonds. The van der Waals surface area contributed by atoms with Crippen LogP contribution in [0.2, 0.25) is 0 Å². The molecule has 6 heteroatoms. The second-order valence-corrected chi connectivity index (χ2v) is 6.55. The SMILES string of the molecule is CC[C@@H]1c2cccn2CCN1C(=O)c1cc(N2CCOCC2)ccn1. The van der Waals surface area contributed by atoms with Gasteiger partial charge in [-0.05, 0) is 30.7 Å². The molecule has 2 aliphatic rings. The van der Waals surface area contributed by atoms with E-state index in [-0.39, 0.29) is 11.9 Å². The zero-order chi connectivity index (χ0) is 17.2. The highest BCUT2D eigenvalue weighted by Gasteiger charge is 2.31. The normalized spacial score (nSPS) is 20.4. The molecule has 0 unspecified atom stereocenters. The Morgan fingerprint density at radius 3 is 2.88 bits per heavy atom. The van der Waals surface area contributed by atoms with Crippen molar-refractivity contribution in [3.63, 3.8) is 0 Å². The highest BCUT2D eigenvalue weighted by molar-refractivity contribution is 5.93. The Morgan fingerprint density at radius 1 is 1.24 bits per heavy atom. The topological polar surface area (TPSA) is 50.6 Å². The number of carbonyl (C=O) groups is 1. The molecule has 1 fully saturated rings.